The Morgan fingerprint density at radius 3 is 2.25 bits per heavy atom. The Labute approximate surface area is 188 Å². The monoisotopic (exact) mass is 425 g/mol. The number of esters is 1. The Kier molecular flexibility index (Phi) is 7.13. The molecule has 1 aliphatic rings. The van der Waals surface area contributed by atoms with Crippen LogP contribution in [0, 0.1) is 0 Å². The Balaban J connectivity index is 1.42. The highest BCUT2D eigenvalue weighted by Gasteiger charge is 2.26. The van der Waals surface area contributed by atoms with Gasteiger partial charge in [0.2, 0.25) is 5.91 Å². The minimum atomic E-state index is -0.723. The van der Waals surface area contributed by atoms with Crippen molar-refractivity contribution in [2.45, 2.75) is 38.3 Å². The first-order valence-electron chi connectivity index (χ1n) is 11.0. The maximum absolute atomic E-state index is 13.0. The molecule has 3 aromatic carbocycles. The summed E-state index contributed by atoms with van der Waals surface area (Å²) in [6, 6.07) is 26.9. The van der Waals surface area contributed by atoms with Crippen LogP contribution in [0.4, 0.5) is 0 Å². The van der Waals surface area contributed by atoms with Crippen LogP contribution in [-0.4, -0.2) is 17.9 Å². The number of fused-ring (bicyclic) bond motifs is 1. The maximum Gasteiger partial charge on any atom is 0.329 e. The van der Waals surface area contributed by atoms with Gasteiger partial charge in [-0.3, -0.25) is 4.79 Å². The summed E-state index contributed by atoms with van der Waals surface area (Å²) in [4.78, 5) is 25.6. The van der Waals surface area contributed by atoms with Gasteiger partial charge in [0.05, 0.1) is 0 Å². The van der Waals surface area contributed by atoms with Crippen molar-refractivity contribution in [3.8, 4) is 0 Å². The van der Waals surface area contributed by atoms with Crippen molar-refractivity contribution >= 4 is 17.4 Å². The van der Waals surface area contributed by atoms with Crippen molar-refractivity contribution in [2.75, 3.05) is 0 Å². The van der Waals surface area contributed by atoms with Crippen LogP contribution in [0.2, 0.25) is 0 Å². The third kappa shape index (κ3) is 5.73. The normalized spacial score (nSPS) is 13.1. The lowest BCUT2D eigenvalue weighted by atomic mass is 9.99. The molecule has 0 aromatic heterocycles. The van der Waals surface area contributed by atoms with E-state index in [-0.39, 0.29) is 12.5 Å². The zero-order valence-corrected chi connectivity index (χ0v) is 18.0. The van der Waals surface area contributed by atoms with Gasteiger partial charge in [0.1, 0.15) is 12.6 Å². The van der Waals surface area contributed by atoms with Crippen molar-refractivity contribution in [1.82, 2.24) is 5.32 Å². The fourth-order valence-electron chi connectivity index (χ4n) is 3.96. The fraction of sp³-hybridized carbons (Fsp3) is 0.214. The molecule has 0 aliphatic heterocycles. The maximum atomic E-state index is 13.0. The average Bonchev–Trinajstić information content (AvgIpc) is 3.25. The van der Waals surface area contributed by atoms with Crippen molar-refractivity contribution in [2.24, 2.45) is 0 Å². The largest absolute Gasteiger partial charge is 0.459 e. The lowest BCUT2D eigenvalue weighted by molar-refractivity contribution is -0.149. The lowest BCUT2D eigenvalue weighted by Gasteiger charge is -2.19. The Morgan fingerprint density at radius 2 is 1.50 bits per heavy atom. The first-order valence-corrected chi connectivity index (χ1v) is 11.0. The Bertz CT molecular complexity index is 1090. The number of nitrogens with one attached hydrogen (secondary N) is 1. The third-order valence-corrected chi connectivity index (χ3v) is 5.68. The molecule has 0 unspecified atom stereocenters. The number of amides is 1. The third-order valence-electron chi connectivity index (χ3n) is 5.68. The van der Waals surface area contributed by atoms with E-state index in [0.717, 1.165) is 28.7 Å². The number of hydrogen-bond donors (Lipinski definition) is 1. The number of carbonyl (C=O) groups is 2. The van der Waals surface area contributed by atoms with Gasteiger partial charge >= 0.3 is 5.97 Å². The van der Waals surface area contributed by atoms with Crippen LogP contribution in [0.3, 0.4) is 0 Å². The molecular formula is C28H27NO3. The molecule has 4 rings (SSSR count). The summed E-state index contributed by atoms with van der Waals surface area (Å²) in [5.41, 5.74) is 5.48. The van der Waals surface area contributed by atoms with E-state index in [1.165, 1.54) is 5.56 Å². The van der Waals surface area contributed by atoms with E-state index in [1.54, 1.807) is 0 Å². The molecule has 1 N–H and O–H groups in total. The topological polar surface area (TPSA) is 55.4 Å². The smallest absolute Gasteiger partial charge is 0.329 e. The predicted molar refractivity (Wildman–Crippen MR) is 126 cm³/mol. The summed E-state index contributed by atoms with van der Waals surface area (Å²) < 4.78 is 5.57. The zero-order valence-electron chi connectivity index (χ0n) is 18.0. The van der Waals surface area contributed by atoms with E-state index in [2.05, 4.69) is 23.5 Å². The molecule has 0 bridgehead atoms. The van der Waals surface area contributed by atoms with Crippen LogP contribution in [0.25, 0.3) is 5.57 Å². The van der Waals surface area contributed by atoms with Crippen LogP contribution in [0.5, 0.6) is 0 Å². The van der Waals surface area contributed by atoms with Crippen LogP contribution in [0.15, 0.2) is 91.0 Å². The van der Waals surface area contributed by atoms with Crippen LogP contribution in [-0.2, 0) is 33.8 Å². The van der Waals surface area contributed by atoms with E-state index in [9.17, 15) is 9.59 Å². The van der Waals surface area contributed by atoms with E-state index in [0.29, 0.717) is 19.3 Å². The molecule has 0 spiro atoms. The number of allylic oxidation sites excluding steroid dienone is 1. The summed E-state index contributed by atoms with van der Waals surface area (Å²) in [5, 5.41) is 2.93. The molecule has 0 fully saturated rings. The van der Waals surface area contributed by atoms with Crippen molar-refractivity contribution in [3.63, 3.8) is 0 Å². The molecule has 0 radical (unpaired) electrons. The SMILES string of the molecule is O=C(CCc1ccccc1)N[C@@H](CC1=CCc2ccccc21)C(=O)OCc1ccccc1. The first-order chi connectivity index (χ1) is 15.7. The molecule has 162 valence electrons. The molecule has 0 heterocycles. The number of rotatable bonds is 9. The number of carbonyl (C=O) groups excluding carboxylic acids is 2. The zero-order chi connectivity index (χ0) is 22.2. The van der Waals surface area contributed by atoms with Crippen LogP contribution < -0.4 is 5.32 Å². The summed E-state index contributed by atoms with van der Waals surface area (Å²) in [5.74, 6) is -0.561. The molecule has 1 aliphatic carbocycles. The Morgan fingerprint density at radius 1 is 0.844 bits per heavy atom. The van der Waals surface area contributed by atoms with Gasteiger partial charge in [0.25, 0.3) is 0 Å². The van der Waals surface area contributed by atoms with Gasteiger partial charge in [-0.25, -0.2) is 4.79 Å². The number of ether oxygens (including phenoxy) is 1. The predicted octanol–water partition coefficient (Wildman–Crippen LogP) is 4.88. The fourth-order valence-corrected chi connectivity index (χ4v) is 3.96. The molecular weight excluding hydrogens is 398 g/mol. The van der Waals surface area contributed by atoms with Gasteiger partial charge in [-0.1, -0.05) is 91.0 Å². The average molecular weight is 426 g/mol. The van der Waals surface area contributed by atoms with Crippen LogP contribution in [0.1, 0.15) is 35.1 Å². The summed E-state index contributed by atoms with van der Waals surface area (Å²) >= 11 is 0. The van der Waals surface area contributed by atoms with E-state index in [1.807, 2.05) is 72.8 Å². The van der Waals surface area contributed by atoms with Gasteiger partial charge < -0.3 is 10.1 Å². The highest BCUT2D eigenvalue weighted by molar-refractivity contribution is 5.87. The molecule has 1 atom stereocenters. The molecule has 4 heteroatoms. The summed E-state index contributed by atoms with van der Waals surface area (Å²) in [6.45, 7) is 0.186. The minimum absolute atomic E-state index is 0.151. The molecule has 3 aromatic rings. The minimum Gasteiger partial charge on any atom is -0.459 e. The van der Waals surface area contributed by atoms with Gasteiger partial charge in [0.15, 0.2) is 0 Å². The van der Waals surface area contributed by atoms with E-state index < -0.39 is 12.0 Å². The van der Waals surface area contributed by atoms with Gasteiger partial charge in [0, 0.05) is 12.8 Å². The van der Waals surface area contributed by atoms with Gasteiger partial charge in [-0.15, -0.1) is 0 Å². The molecule has 1 amide bonds. The van der Waals surface area contributed by atoms with Crippen molar-refractivity contribution < 1.29 is 14.3 Å². The van der Waals surface area contributed by atoms with Crippen molar-refractivity contribution in [1.29, 1.82) is 0 Å². The van der Waals surface area contributed by atoms with Gasteiger partial charge in [-0.05, 0) is 40.7 Å². The number of hydrogen-bond acceptors (Lipinski definition) is 3. The summed E-state index contributed by atoms with van der Waals surface area (Å²) in [6.07, 6.45) is 4.35. The van der Waals surface area contributed by atoms with E-state index >= 15 is 0 Å². The lowest BCUT2D eigenvalue weighted by Crippen LogP contribution is -2.42. The second-order valence-corrected chi connectivity index (χ2v) is 7.99. The highest BCUT2D eigenvalue weighted by atomic mass is 16.5. The van der Waals surface area contributed by atoms with Gasteiger partial charge in [-0.2, -0.15) is 0 Å². The highest BCUT2D eigenvalue weighted by Crippen LogP contribution is 2.30. The molecule has 0 saturated heterocycles. The molecule has 4 nitrogen and oxygen atoms in total. The number of aryl methyl sites for hydroxylation is 1. The molecule has 32 heavy (non-hydrogen) atoms. The molecule has 0 saturated carbocycles. The number of benzene rings is 3. The standard InChI is InChI=1S/C28H27NO3/c30-27(18-15-21-9-3-1-4-10-21)29-26(28(31)32-20-22-11-5-2-6-12-22)19-24-17-16-23-13-7-8-14-25(23)24/h1-14,17,26H,15-16,18-20H2,(H,29,30)/t26-/m0/s1. The summed E-state index contributed by atoms with van der Waals surface area (Å²) in [7, 11) is 0. The Hall–Kier alpha value is -3.66. The van der Waals surface area contributed by atoms with E-state index in [4.69, 9.17) is 4.74 Å². The quantitative estimate of drug-likeness (QED) is 0.497. The second-order valence-electron chi connectivity index (χ2n) is 7.99. The second kappa shape index (κ2) is 10.6. The van der Waals surface area contributed by atoms with Crippen molar-refractivity contribution in [3.05, 3.63) is 113 Å². The van der Waals surface area contributed by atoms with Crippen LogP contribution >= 0.6 is 0 Å². The first kappa shape index (κ1) is 21.6.